The van der Waals surface area contributed by atoms with Gasteiger partial charge in [-0.1, -0.05) is 30.3 Å². The molecule has 0 aliphatic rings. The normalized spacial score (nSPS) is 10.2. The van der Waals surface area contributed by atoms with Crippen LogP contribution in [0.2, 0.25) is 0 Å². The Balaban J connectivity index is 1.85. The van der Waals surface area contributed by atoms with E-state index in [1.165, 1.54) is 0 Å². The van der Waals surface area contributed by atoms with E-state index in [9.17, 15) is 0 Å². The predicted octanol–water partition coefficient (Wildman–Crippen LogP) is 2.87. The van der Waals surface area contributed by atoms with E-state index in [1.807, 2.05) is 55.6 Å². The number of ether oxygens (including phenoxy) is 3. The zero-order valence-electron chi connectivity index (χ0n) is 12.5. The number of nitrogens with one attached hydrogen (secondary N) is 1. The van der Waals surface area contributed by atoms with Gasteiger partial charge >= 0.3 is 0 Å². The molecule has 0 fully saturated rings. The van der Waals surface area contributed by atoms with Crippen molar-refractivity contribution in [3.8, 4) is 17.2 Å². The molecule has 0 spiro atoms. The Morgan fingerprint density at radius 1 is 0.810 bits per heavy atom. The van der Waals surface area contributed by atoms with E-state index in [2.05, 4.69) is 5.32 Å². The molecule has 0 aliphatic heterocycles. The molecule has 0 saturated carbocycles. The average Bonchev–Trinajstić information content (AvgIpc) is 2.53. The van der Waals surface area contributed by atoms with Crippen molar-refractivity contribution in [1.82, 2.24) is 5.32 Å². The highest BCUT2D eigenvalue weighted by atomic mass is 16.5. The number of hydrogen-bond donors (Lipinski definition) is 1. The van der Waals surface area contributed by atoms with Crippen molar-refractivity contribution in [3.63, 3.8) is 0 Å². The van der Waals surface area contributed by atoms with Crippen LogP contribution in [0.25, 0.3) is 0 Å². The lowest BCUT2D eigenvalue weighted by Gasteiger charge is -2.13. The second kappa shape index (κ2) is 8.17. The van der Waals surface area contributed by atoms with Crippen LogP contribution in [0, 0.1) is 0 Å². The van der Waals surface area contributed by atoms with Crippen molar-refractivity contribution >= 4 is 0 Å². The summed E-state index contributed by atoms with van der Waals surface area (Å²) in [5.41, 5.74) is 1.14. The van der Waals surface area contributed by atoms with Crippen LogP contribution >= 0.6 is 0 Å². The minimum Gasteiger partial charge on any atom is -0.493 e. The first-order chi connectivity index (χ1) is 10.3. The molecule has 112 valence electrons. The molecule has 0 unspecified atom stereocenters. The third-order valence-corrected chi connectivity index (χ3v) is 3.01. The van der Waals surface area contributed by atoms with Gasteiger partial charge in [-0.3, -0.25) is 0 Å². The van der Waals surface area contributed by atoms with Gasteiger partial charge in [0.15, 0.2) is 11.5 Å². The topological polar surface area (TPSA) is 39.7 Å². The summed E-state index contributed by atoms with van der Waals surface area (Å²) in [6.07, 6.45) is 0. The molecule has 0 aromatic heterocycles. The Bertz CT molecular complexity index is 557. The van der Waals surface area contributed by atoms with Crippen LogP contribution in [-0.2, 0) is 6.54 Å². The third kappa shape index (κ3) is 4.39. The zero-order chi connectivity index (χ0) is 14.9. The van der Waals surface area contributed by atoms with E-state index in [0.29, 0.717) is 13.2 Å². The summed E-state index contributed by atoms with van der Waals surface area (Å²) in [7, 11) is 3.55. The summed E-state index contributed by atoms with van der Waals surface area (Å²) in [6.45, 7) is 1.73. The van der Waals surface area contributed by atoms with Gasteiger partial charge in [0, 0.05) is 12.1 Å². The van der Waals surface area contributed by atoms with Gasteiger partial charge in [-0.25, -0.2) is 0 Å². The Morgan fingerprint density at radius 2 is 1.38 bits per heavy atom. The van der Waals surface area contributed by atoms with Crippen molar-refractivity contribution in [2.75, 3.05) is 27.4 Å². The molecule has 2 aromatic rings. The van der Waals surface area contributed by atoms with Crippen molar-refractivity contribution in [2.24, 2.45) is 0 Å². The fourth-order valence-corrected chi connectivity index (χ4v) is 2.02. The highest BCUT2D eigenvalue weighted by Gasteiger charge is 2.04. The van der Waals surface area contributed by atoms with Crippen molar-refractivity contribution in [2.45, 2.75) is 6.54 Å². The molecule has 0 amide bonds. The van der Waals surface area contributed by atoms with Gasteiger partial charge in [-0.05, 0) is 25.2 Å². The lowest BCUT2D eigenvalue weighted by atomic mass is 10.2. The summed E-state index contributed by atoms with van der Waals surface area (Å²) < 4.78 is 16.7. The maximum absolute atomic E-state index is 5.78. The van der Waals surface area contributed by atoms with E-state index in [1.54, 1.807) is 7.11 Å². The van der Waals surface area contributed by atoms with Gasteiger partial charge in [-0.15, -0.1) is 0 Å². The molecular formula is C17H21NO3. The molecule has 0 aliphatic carbocycles. The van der Waals surface area contributed by atoms with Crippen molar-refractivity contribution in [1.29, 1.82) is 0 Å². The van der Waals surface area contributed by atoms with Gasteiger partial charge in [0.05, 0.1) is 7.11 Å². The smallest absolute Gasteiger partial charge is 0.161 e. The second-order valence-electron chi connectivity index (χ2n) is 4.49. The molecule has 0 radical (unpaired) electrons. The standard InChI is InChI=1S/C17H21NO3/c1-18-13-14-7-3-4-8-15(14)20-11-12-21-17-10-6-5-9-16(17)19-2/h3-10,18H,11-13H2,1-2H3. The number of hydrogen-bond acceptors (Lipinski definition) is 4. The van der Waals surface area contributed by atoms with Gasteiger partial charge in [-0.2, -0.15) is 0 Å². The average molecular weight is 287 g/mol. The van der Waals surface area contributed by atoms with Crippen LogP contribution < -0.4 is 19.5 Å². The van der Waals surface area contributed by atoms with E-state index in [0.717, 1.165) is 29.4 Å². The molecule has 21 heavy (non-hydrogen) atoms. The van der Waals surface area contributed by atoms with Crippen LogP contribution in [0.4, 0.5) is 0 Å². The molecule has 0 heterocycles. The summed E-state index contributed by atoms with van der Waals surface area (Å²) in [5.74, 6) is 2.34. The van der Waals surface area contributed by atoms with Crippen LogP contribution in [0.5, 0.6) is 17.2 Å². The van der Waals surface area contributed by atoms with E-state index in [-0.39, 0.29) is 0 Å². The quantitative estimate of drug-likeness (QED) is 0.758. The highest BCUT2D eigenvalue weighted by Crippen LogP contribution is 2.25. The molecular weight excluding hydrogens is 266 g/mol. The lowest BCUT2D eigenvalue weighted by Crippen LogP contribution is -2.12. The van der Waals surface area contributed by atoms with Crippen LogP contribution in [0.1, 0.15) is 5.56 Å². The lowest BCUT2D eigenvalue weighted by molar-refractivity contribution is 0.210. The maximum atomic E-state index is 5.78. The van der Waals surface area contributed by atoms with Gasteiger partial charge in [0.2, 0.25) is 0 Å². The highest BCUT2D eigenvalue weighted by molar-refractivity contribution is 5.39. The summed E-state index contributed by atoms with van der Waals surface area (Å²) >= 11 is 0. The molecule has 0 atom stereocenters. The first-order valence-corrected chi connectivity index (χ1v) is 6.96. The Kier molecular flexibility index (Phi) is 5.91. The van der Waals surface area contributed by atoms with Crippen LogP contribution in [0.3, 0.4) is 0 Å². The first kappa shape index (κ1) is 15.2. The van der Waals surface area contributed by atoms with E-state index >= 15 is 0 Å². The van der Waals surface area contributed by atoms with Gasteiger partial charge in [0.25, 0.3) is 0 Å². The van der Waals surface area contributed by atoms with Crippen molar-refractivity contribution < 1.29 is 14.2 Å². The summed E-state index contributed by atoms with van der Waals surface area (Å²) in [4.78, 5) is 0. The SMILES string of the molecule is CNCc1ccccc1OCCOc1ccccc1OC. The molecule has 1 N–H and O–H groups in total. The fourth-order valence-electron chi connectivity index (χ4n) is 2.02. The minimum absolute atomic E-state index is 0.467. The number of methoxy groups -OCH3 is 1. The Hall–Kier alpha value is -2.20. The first-order valence-electron chi connectivity index (χ1n) is 6.96. The monoisotopic (exact) mass is 287 g/mol. The van der Waals surface area contributed by atoms with E-state index in [4.69, 9.17) is 14.2 Å². The number of para-hydroxylation sites is 3. The van der Waals surface area contributed by atoms with Crippen LogP contribution in [-0.4, -0.2) is 27.4 Å². The second-order valence-corrected chi connectivity index (χ2v) is 4.49. The molecule has 0 bridgehead atoms. The Morgan fingerprint density at radius 3 is 2.05 bits per heavy atom. The molecule has 2 rings (SSSR count). The van der Waals surface area contributed by atoms with Crippen molar-refractivity contribution in [3.05, 3.63) is 54.1 Å². The number of rotatable bonds is 8. The largest absolute Gasteiger partial charge is 0.493 e. The van der Waals surface area contributed by atoms with E-state index < -0.39 is 0 Å². The van der Waals surface area contributed by atoms with Gasteiger partial charge < -0.3 is 19.5 Å². The van der Waals surface area contributed by atoms with Gasteiger partial charge in [0.1, 0.15) is 19.0 Å². The molecule has 4 heteroatoms. The molecule has 2 aromatic carbocycles. The minimum atomic E-state index is 0.467. The number of benzene rings is 2. The third-order valence-electron chi connectivity index (χ3n) is 3.01. The predicted molar refractivity (Wildman–Crippen MR) is 83.2 cm³/mol. The molecule has 4 nitrogen and oxygen atoms in total. The fraction of sp³-hybridized carbons (Fsp3) is 0.294. The summed E-state index contributed by atoms with van der Waals surface area (Å²) in [6, 6.07) is 15.6. The van der Waals surface area contributed by atoms with Crippen LogP contribution in [0.15, 0.2) is 48.5 Å². The maximum Gasteiger partial charge on any atom is 0.161 e. The summed E-state index contributed by atoms with van der Waals surface area (Å²) in [5, 5.41) is 3.13. The zero-order valence-corrected chi connectivity index (χ0v) is 12.5. The molecule has 0 saturated heterocycles. The Labute approximate surface area is 125 Å².